The van der Waals surface area contributed by atoms with Crippen molar-refractivity contribution in [2.75, 3.05) is 17.9 Å². The molecule has 7 heteroatoms. The van der Waals surface area contributed by atoms with Crippen molar-refractivity contribution in [3.05, 3.63) is 53.6 Å². The Bertz CT molecular complexity index is 876. The van der Waals surface area contributed by atoms with Crippen LogP contribution in [-0.2, 0) is 21.2 Å². The van der Waals surface area contributed by atoms with Gasteiger partial charge in [-0.05, 0) is 42.8 Å². The van der Waals surface area contributed by atoms with Crippen LogP contribution >= 0.6 is 0 Å². The van der Waals surface area contributed by atoms with Crippen molar-refractivity contribution >= 4 is 21.7 Å². The molecular weight excluding hydrogens is 330 g/mol. The van der Waals surface area contributed by atoms with Crippen molar-refractivity contribution < 1.29 is 22.7 Å². The summed E-state index contributed by atoms with van der Waals surface area (Å²) in [6.07, 6.45) is 0.679. The highest BCUT2D eigenvalue weighted by Gasteiger charge is 2.21. The first-order valence-electron chi connectivity index (χ1n) is 7.56. The Hall–Kier alpha value is -2.54. The van der Waals surface area contributed by atoms with Gasteiger partial charge in [0.2, 0.25) is 0 Å². The molecule has 1 N–H and O–H groups in total. The van der Waals surface area contributed by atoms with Crippen LogP contribution in [0, 0.1) is 0 Å². The SMILES string of the molecule is CCOC(=O)c1ccccc1NS(=O)(=O)c1ccc2c(c1)CCO2. The minimum Gasteiger partial charge on any atom is -0.493 e. The van der Waals surface area contributed by atoms with Gasteiger partial charge in [0.15, 0.2) is 0 Å². The molecular formula is C17H17NO5S. The van der Waals surface area contributed by atoms with Crippen molar-refractivity contribution in [1.82, 2.24) is 0 Å². The van der Waals surface area contributed by atoms with Crippen molar-refractivity contribution in [3.8, 4) is 5.75 Å². The molecule has 0 bridgehead atoms. The molecule has 2 aromatic rings. The fourth-order valence-corrected chi connectivity index (χ4v) is 3.62. The lowest BCUT2D eigenvalue weighted by Crippen LogP contribution is -2.16. The van der Waals surface area contributed by atoms with Gasteiger partial charge in [0.1, 0.15) is 5.75 Å². The lowest BCUT2D eigenvalue weighted by molar-refractivity contribution is 0.0527. The van der Waals surface area contributed by atoms with Gasteiger partial charge in [-0.1, -0.05) is 12.1 Å². The topological polar surface area (TPSA) is 81.7 Å². The molecule has 2 aromatic carbocycles. The standard InChI is InChI=1S/C17H17NO5S/c1-2-22-17(19)14-5-3-4-6-15(14)18-24(20,21)13-7-8-16-12(11-13)9-10-23-16/h3-8,11,18H,2,9-10H2,1H3. The zero-order chi connectivity index (χ0) is 17.2. The van der Waals surface area contributed by atoms with E-state index < -0.39 is 16.0 Å². The molecule has 0 saturated carbocycles. The van der Waals surface area contributed by atoms with E-state index in [1.165, 1.54) is 18.2 Å². The van der Waals surface area contributed by atoms with E-state index in [0.717, 1.165) is 5.56 Å². The lowest BCUT2D eigenvalue weighted by atomic mass is 10.2. The van der Waals surface area contributed by atoms with Crippen LogP contribution < -0.4 is 9.46 Å². The third kappa shape index (κ3) is 3.21. The summed E-state index contributed by atoms with van der Waals surface area (Å²) >= 11 is 0. The average Bonchev–Trinajstić information content (AvgIpc) is 3.03. The second-order valence-corrected chi connectivity index (χ2v) is 6.92. The van der Waals surface area contributed by atoms with Crippen molar-refractivity contribution in [3.63, 3.8) is 0 Å². The molecule has 0 spiro atoms. The molecule has 0 aliphatic carbocycles. The van der Waals surface area contributed by atoms with E-state index in [1.807, 2.05) is 0 Å². The number of hydrogen-bond donors (Lipinski definition) is 1. The lowest BCUT2D eigenvalue weighted by Gasteiger charge is -2.12. The van der Waals surface area contributed by atoms with Gasteiger partial charge in [0.05, 0.1) is 29.4 Å². The Morgan fingerprint density at radius 3 is 2.83 bits per heavy atom. The van der Waals surface area contributed by atoms with Gasteiger partial charge in [0.25, 0.3) is 10.0 Å². The van der Waals surface area contributed by atoms with Crippen LogP contribution in [0.4, 0.5) is 5.69 Å². The molecule has 0 radical (unpaired) electrons. The third-order valence-corrected chi connectivity index (χ3v) is 5.00. The van der Waals surface area contributed by atoms with E-state index in [9.17, 15) is 13.2 Å². The molecule has 1 aliphatic rings. The number of carbonyl (C=O) groups is 1. The minimum atomic E-state index is -3.82. The Kier molecular flexibility index (Phi) is 4.44. The van der Waals surface area contributed by atoms with E-state index in [0.29, 0.717) is 18.8 Å². The Labute approximate surface area is 140 Å². The molecule has 0 aromatic heterocycles. The van der Waals surface area contributed by atoms with Crippen LogP contribution in [0.5, 0.6) is 5.75 Å². The van der Waals surface area contributed by atoms with E-state index in [1.54, 1.807) is 31.2 Å². The van der Waals surface area contributed by atoms with Gasteiger partial charge >= 0.3 is 5.97 Å². The number of anilines is 1. The van der Waals surface area contributed by atoms with Crippen LogP contribution in [0.25, 0.3) is 0 Å². The normalized spacial score (nSPS) is 13.0. The molecule has 0 unspecified atom stereocenters. The predicted molar refractivity (Wildman–Crippen MR) is 88.8 cm³/mol. The molecule has 3 rings (SSSR count). The average molecular weight is 347 g/mol. The quantitative estimate of drug-likeness (QED) is 0.841. The van der Waals surface area contributed by atoms with Gasteiger partial charge < -0.3 is 9.47 Å². The second-order valence-electron chi connectivity index (χ2n) is 5.24. The van der Waals surface area contributed by atoms with Crippen molar-refractivity contribution in [2.45, 2.75) is 18.2 Å². The first-order valence-corrected chi connectivity index (χ1v) is 9.04. The summed E-state index contributed by atoms with van der Waals surface area (Å²) < 4.78 is 38.1. The molecule has 0 saturated heterocycles. The van der Waals surface area contributed by atoms with Gasteiger partial charge in [-0.2, -0.15) is 0 Å². The van der Waals surface area contributed by atoms with Gasteiger partial charge in [0, 0.05) is 6.42 Å². The summed E-state index contributed by atoms with van der Waals surface area (Å²) in [5.41, 5.74) is 1.22. The molecule has 24 heavy (non-hydrogen) atoms. The largest absolute Gasteiger partial charge is 0.493 e. The molecule has 6 nitrogen and oxygen atoms in total. The molecule has 126 valence electrons. The number of ether oxygens (including phenoxy) is 2. The van der Waals surface area contributed by atoms with Crippen LogP contribution in [0.15, 0.2) is 47.4 Å². The summed E-state index contributed by atoms with van der Waals surface area (Å²) in [4.78, 5) is 12.1. The second kappa shape index (κ2) is 6.52. The summed E-state index contributed by atoms with van der Waals surface area (Å²) in [5, 5.41) is 0. The smallest absolute Gasteiger partial charge is 0.340 e. The Morgan fingerprint density at radius 1 is 1.25 bits per heavy atom. The van der Waals surface area contributed by atoms with Crippen LogP contribution in [0.2, 0.25) is 0 Å². The maximum absolute atomic E-state index is 12.6. The summed E-state index contributed by atoms with van der Waals surface area (Å²) in [5.74, 6) is 0.138. The number of para-hydroxylation sites is 1. The number of fused-ring (bicyclic) bond motifs is 1. The van der Waals surface area contributed by atoms with Crippen LogP contribution in [0.1, 0.15) is 22.8 Å². The zero-order valence-electron chi connectivity index (χ0n) is 13.1. The highest BCUT2D eigenvalue weighted by Crippen LogP contribution is 2.29. The summed E-state index contributed by atoms with van der Waals surface area (Å²) in [6.45, 7) is 2.46. The Morgan fingerprint density at radius 2 is 2.04 bits per heavy atom. The number of benzene rings is 2. The molecule has 0 fully saturated rings. The van der Waals surface area contributed by atoms with E-state index in [2.05, 4.69) is 4.72 Å². The third-order valence-electron chi connectivity index (χ3n) is 3.64. The Balaban J connectivity index is 1.92. The first kappa shape index (κ1) is 16.3. The van der Waals surface area contributed by atoms with E-state index >= 15 is 0 Å². The fourth-order valence-electron chi connectivity index (χ4n) is 2.49. The summed E-state index contributed by atoms with van der Waals surface area (Å²) in [7, 11) is -3.82. The molecule has 1 heterocycles. The molecule has 1 aliphatic heterocycles. The van der Waals surface area contributed by atoms with Gasteiger partial charge in [-0.25, -0.2) is 13.2 Å². The number of sulfonamides is 1. The zero-order valence-corrected chi connectivity index (χ0v) is 13.9. The van der Waals surface area contributed by atoms with Crippen molar-refractivity contribution in [2.24, 2.45) is 0 Å². The first-order chi connectivity index (χ1) is 11.5. The number of carbonyl (C=O) groups excluding carboxylic acids is 1. The highest BCUT2D eigenvalue weighted by molar-refractivity contribution is 7.92. The van der Waals surface area contributed by atoms with Gasteiger partial charge in [-0.3, -0.25) is 4.72 Å². The number of rotatable bonds is 5. The number of esters is 1. The van der Waals surface area contributed by atoms with Gasteiger partial charge in [-0.15, -0.1) is 0 Å². The maximum atomic E-state index is 12.6. The predicted octanol–water partition coefficient (Wildman–Crippen LogP) is 2.60. The summed E-state index contributed by atoms with van der Waals surface area (Å²) in [6, 6.07) is 11.1. The van der Waals surface area contributed by atoms with E-state index in [-0.39, 0.29) is 22.8 Å². The van der Waals surface area contributed by atoms with Crippen LogP contribution in [0.3, 0.4) is 0 Å². The monoisotopic (exact) mass is 347 g/mol. The molecule has 0 amide bonds. The highest BCUT2D eigenvalue weighted by atomic mass is 32.2. The number of hydrogen-bond acceptors (Lipinski definition) is 5. The maximum Gasteiger partial charge on any atom is 0.340 e. The minimum absolute atomic E-state index is 0.130. The number of nitrogens with one attached hydrogen (secondary N) is 1. The van der Waals surface area contributed by atoms with Crippen molar-refractivity contribution in [1.29, 1.82) is 0 Å². The molecule has 0 atom stereocenters. The fraction of sp³-hybridized carbons (Fsp3) is 0.235. The van der Waals surface area contributed by atoms with Crippen LogP contribution in [-0.4, -0.2) is 27.6 Å². The van der Waals surface area contributed by atoms with E-state index in [4.69, 9.17) is 9.47 Å².